The second-order valence-corrected chi connectivity index (χ2v) is 9.26. The Bertz CT molecular complexity index is 1540. The molecule has 0 bridgehead atoms. The first-order valence-electron chi connectivity index (χ1n) is 12.2. The van der Waals surface area contributed by atoms with Crippen LogP contribution in [0.15, 0.2) is 59.7 Å². The predicted molar refractivity (Wildman–Crippen MR) is 140 cm³/mol. The van der Waals surface area contributed by atoms with Crippen molar-refractivity contribution < 1.29 is 4.79 Å². The summed E-state index contributed by atoms with van der Waals surface area (Å²) in [5, 5.41) is 6.89. The van der Waals surface area contributed by atoms with Crippen LogP contribution in [0, 0.1) is 0 Å². The van der Waals surface area contributed by atoms with E-state index in [-0.39, 0.29) is 10.9 Å². The molecule has 3 heterocycles. The summed E-state index contributed by atoms with van der Waals surface area (Å²) >= 11 is 0. The molecule has 2 aromatic carbocycles. The van der Waals surface area contributed by atoms with E-state index in [2.05, 4.69) is 44.8 Å². The normalized spacial score (nSPS) is 15.2. The molecule has 1 amide bonds. The summed E-state index contributed by atoms with van der Waals surface area (Å²) < 4.78 is 1.76. The molecule has 1 fully saturated rings. The number of nitrogens with one attached hydrogen (secondary N) is 2. The molecule has 9 heteroatoms. The van der Waals surface area contributed by atoms with Gasteiger partial charge in [-0.1, -0.05) is 12.1 Å². The third-order valence-electron chi connectivity index (χ3n) is 6.95. The second kappa shape index (κ2) is 9.09. The number of rotatable bonds is 5. The third kappa shape index (κ3) is 4.07. The van der Waals surface area contributed by atoms with E-state index in [1.807, 2.05) is 18.2 Å². The number of carbonyl (C=O) groups is 1. The Balaban J connectivity index is 1.42. The fourth-order valence-corrected chi connectivity index (χ4v) is 5.08. The molecule has 2 aromatic heterocycles. The number of carbonyl (C=O) groups excluding carboxylic acids is 1. The highest BCUT2D eigenvalue weighted by atomic mass is 16.2. The minimum absolute atomic E-state index is 0.0870. The summed E-state index contributed by atoms with van der Waals surface area (Å²) in [6.45, 7) is 3.81. The quantitative estimate of drug-likeness (QED) is 0.401. The number of aryl methyl sites for hydroxylation is 2. The lowest BCUT2D eigenvalue weighted by Crippen LogP contribution is -2.43. The Kier molecular flexibility index (Phi) is 5.61. The second-order valence-electron chi connectivity index (χ2n) is 9.26. The highest BCUT2D eigenvalue weighted by Gasteiger charge is 2.18. The van der Waals surface area contributed by atoms with Crippen molar-refractivity contribution in [3.8, 4) is 5.69 Å². The number of fused-ring (bicyclic) bond motifs is 2. The van der Waals surface area contributed by atoms with E-state index in [0.717, 1.165) is 62.5 Å². The van der Waals surface area contributed by atoms with Gasteiger partial charge >= 0.3 is 0 Å². The Morgan fingerprint density at radius 1 is 1.03 bits per heavy atom. The first-order chi connectivity index (χ1) is 17.6. The van der Waals surface area contributed by atoms with Crippen LogP contribution in [0.5, 0.6) is 0 Å². The zero-order chi connectivity index (χ0) is 24.6. The standard InChI is InChI=1S/C27H27N7O2/c28-25(36)23-16-34(21-8-7-17-3-1-4-18(17)13-21)26-22(24(23)35)15-30-27(32-26)31-19-5-2-6-20(14-19)33-11-9-29-10-12-33/h2,5-8,13-16,29H,1,3-4,9-12H2,(H2,28,36)(H,30,31,32). The van der Waals surface area contributed by atoms with Crippen molar-refractivity contribution in [1.82, 2.24) is 19.9 Å². The third-order valence-corrected chi connectivity index (χ3v) is 6.95. The van der Waals surface area contributed by atoms with E-state index < -0.39 is 11.3 Å². The zero-order valence-corrected chi connectivity index (χ0v) is 19.8. The van der Waals surface area contributed by atoms with Crippen LogP contribution >= 0.6 is 0 Å². The fourth-order valence-electron chi connectivity index (χ4n) is 5.08. The number of anilines is 3. The highest BCUT2D eigenvalue weighted by molar-refractivity contribution is 5.96. The van der Waals surface area contributed by atoms with Gasteiger partial charge in [-0.05, 0) is 60.7 Å². The van der Waals surface area contributed by atoms with Crippen LogP contribution in [0.1, 0.15) is 27.9 Å². The van der Waals surface area contributed by atoms with Crippen LogP contribution in [0.3, 0.4) is 0 Å². The van der Waals surface area contributed by atoms with Gasteiger partial charge in [0.05, 0.1) is 5.39 Å². The number of pyridine rings is 1. The van der Waals surface area contributed by atoms with Gasteiger partial charge in [-0.2, -0.15) is 4.98 Å². The van der Waals surface area contributed by atoms with Crippen LogP contribution < -0.4 is 26.7 Å². The zero-order valence-electron chi connectivity index (χ0n) is 19.8. The molecule has 2 aliphatic rings. The topological polar surface area (TPSA) is 118 Å². The number of benzene rings is 2. The SMILES string of the molecule is NC(=O)c1cn(-c2ccc3c(c2)CCC3)c2nc(Nc3cccc(N4CCNCC4)c3)ncc2c1=O. The summed E-state index contributed by atoms with van der Waals surface area (Å²) in [6, 6.07) is 14.3. The monoisotopic (exact) mass is 481 g/mol. The molecule has 0 atom stereocenters. The Labute approximate surface area is 208 Å². The molecule has 1 aliphatic heterocycles. The fraction of sp³-hybridized carbons (Fsp3) is 0.259. The van der Waals surface area contributed by atoms with Crippen LogP contribution in [-0.4, -0.2) is 46.6 Å². The van der Waals surface area contributed by atoms with Gasteiger partial charge in [0.15, 0.2) is 5.65 Å². The van der Waals surface area contributed by atoms with Gasteiger partial charge in [0.25, 0.3) is 5.91 Å². The first-order valence-corrected chi connectivity index (χ1v) is 12.2. The van der Waals surface area contributed by atoms with Gasteiger partial charge in [-0.15, -0.1) is 0 Å². The van der Waals surface area contributed by atoms with Gasteiger partial charge in [-0.3, -0.25) is 9.59 Å². The number of primary amides is 1. The van der Waals surface area contributed by atoms with Gasteiger partial charge in [0, 0.05) is 55.6 Å². The molecular formula is C27H27N7O2. The molecule has 1 aliphatic carbocycles. The average Bonchev–Trinajstić information content (AvgIpc) is 3.37. The Morgan fingerprint density at radius 3 is 2.69 bits per heavy atom. The van der Waals surface area contributed by atoms with E-state index >= 15 is 0 Å². The lowest BCUT2D eigenvalue weighted by atomic mass is 10.1. The van der Waals surface area contributed by atoms with Gasteiger partial charge in [-0.25, -0.2) is 4.98 Å². The molecule has 4 N–H and O–H groups in total. The van der Waals surface area contributed by atoms with Crippen molar-refractivity contribution >= 4 is 34.3 Å². The van der Waals surface area contributed by atoms with E-state index in [4.69, 9.17) is 10.7 Å². The van der Waals surface area contributed by atoms with E-state index in [1.165, 1.54) is 23.5 Å². The number of amides is 1. The molecule has 9 nitrogen and oxygen atoms in total. The maximum Gasteiger partial charge on any atom is 0.254 e. The first kappa shape index (κ1) is 22.2. The molecule has 0 spiro atoms. The number of piperazine rings is 1. The minimum Gasteiger partial charge on any atom is -0.369 e. The smallest absolute Gasteiger partial charge is 0.254 e. The predicted octanol–water partition coefficient (Wildman–Crippen LogP) is 2.52. The molecule has 182 valence electrons. The summed E-state index contributed by atoms with van der Waals surface area (Å²) in [7, 11) is 0. The number of nitrogens with zero attached hydrogens (tertiary/aromatic N) is 4. The number of nitrogens with two attached hydrogens (primary N) is 1. The molecule has 6 rings (SSSR count). The van der Waals surface area contributed by atoms with Crippen LogP contribution in [0.25, 0.3) is 16.7 Å². The van der Waals surface area contributed by atoms with E-state index in [9.17, 15) is 9.59 Å². The van der Waals surface area contributed by atoms with Crippen LogP contribution in [0.4, 0.5) is 17.3 Å². The van der Waals surface area contributed by atoms with Crippen LogP contribution in [0.2, 0.25) is 0 Å². The summed E-state index contributed by atoms with van der Waals surface area (Å²) in [5.41, 5.74) is 10.8. The van der Waals surface area contributed by atoms with Gasteiger partial charge in [0.2, 0.25) is 11.4 Å². The molecule has 0 saturated carbocycles. The molecule has 4 aromatic rings. The Morgan fingerprint density at radius 2 is 1.86 bits per heavy atom. The van der Waals surface area contributed by atoms with Gasteiger partial charge < -0.3 is 25.8 Å². The van der Waals surface area contributed by atoms with Gasteiger partial charge in [0.1, 0.15) is 5.56 Å². The van der Waals surface area contributed by atoms with Crippen molar-refractivity contribution in [2.75, 3.05) is 36.4 Å². The molecule has 0 radical (unpaired) electrons. The number of aromatic nitrogens is 3. The molecule has 0 unspecified atom stereocenters. The minimum atomic E-state index is -0.774. The van der Waals surface area contributed by atoms with Crippen molar-refractivity contribution in [2.24, 2.45) is 5.73 Å². The lowest BCUT2D eigenvalue weighted by Gasteiger charge is -2.29. The van der Waals surface area contributed by atoms with Crippen molar-refractivity contribution in [1.29, 1.82) is 0 Å². The highest BCUT2D eigenvalue weighted by Crippen LogP contribution is 2.27. The van der Waals surface area contributed by atoms with Crippen molar-refractivity contribution in [3.63, 3.8) is 0 Å². The van der Waals surface area contributed by atoms with E-state index in [0.29, 0.717) is 11.6 Å². The Hall–Kier alpha value is -4.24. The summed E-state index contributed by atoms with van der Waals surface area (Å²) in [5.74, 6) is -0.412. The number of hydrogen-bond donors (Lipinski definition) is 3. The largest absolute Gasteiger partial charge is 0.369 e. The maximum absolute atomic E-state index is 13.0. The summed E-state index contributed by atoms with van der Waals surface area (Å²) in [4.78, 5) is 36.5. The van der Waals surface area contributed by atoms with E-state index in [1.54, 1.807) is 4.57 Å². The maximum atomic E-state index is 13.0. The summed E-state index contributed by atoms with van der Waals surface area (Å²) in [6.07, 6.45) is 6.15. The van der Waals surface area contributed by atoms with Crippen molar-refractivity contribution in [3.05, 3.63) is 81.8 Å². The molecular weight excluding hydrogens is 454 g/mol. The number of hydrogen-bond acceptors (Lipinski definition) is 7. The lowest BCUT2D eigenvalue weighted by molar-refractivity contribution is 0.0999. The van der Waals surface area contributed by atoms with Crippen molar-refractivity contribution in [2.45, 2.75) is 19.3 Å². The average molecular weight is 482 g/mol. The molecule has 1 saturated heterocycles. The molecule has 36 heavy (non-hydrogen) atoms. The van der Waals surface area contributed by atoms with Crippen LogP contribution in [-0.2, 0) is 12.8 Å².